The number of carboxylic acid groups (broad SMARTS) is 1. The maximum absolute atomic E-state index is 10.3. The highest BCUT2D eigenvalue weighted by atomic mass is 16.4. The van der Waals surface area contributed by atoms with E-state index >= 15 is 0 Å². The summed E-state index contributed by atoms with van der Waals surface area (Å²) >= 11 is 0. The van der Waals surface area contributed by atoms with Crippen LogP contribution in [0, 0.1) is 17.8 Å². The highest BCUT2D eigenvalue weighted by Crippen LogP contribution is 2.48. The van der Waals surface area contributed by atoms with E-state index < -0.39 is 5.97 Å². The smallest absolute Gasteiger partial charge is 0.303 e. The monoisotopic (exact) mass is 237 g/mol. The largest absolute Gasteiger partial charge is 0.481 e. The summed E-state index contributed by atoms with van der Waals surface area (Å²) in [5.74, 6) is 1.63. The highest BCUT2D eigenvalue weighted by molar-refractivity contribution is 5.66. The Kier molecular flexibility index (Phi) is 4.21. The molecule has 0 aromatic carbocycles. The summed E-state index contributed by atoms with van der Waals surface area (Å²) in [4.78, 5) is 10.3. The van der Waals surface area contributed by atoms with Gasteiger partial charge in [-0.15, -0.1) is 0 Å². The van der Waals surface area contributed by atoms with Crippen LogP contribution in [0.1, 0.15) is 44.9 Å². The number of aliphatic carboxylic acids is 1. The molecule has 3 nitrogen and oxygen atoms in total. The standard InChI is InChI=1S/C14H23NO2/c15-14-11-8-7-10(9-11)12(14)5-3-1-2-4-6-13(16)17/h1,3,10-12,14H,2,4-9,15H2,(H,16,17)/b3-1+. The topological polar surface area (TPSA) is 63.3 Å². The molecule has 3 N–H and O–H groups in total. The molecule has 2 aliphatic rings. The summed E-state index contributed by atoms with van der Waals surface area (Å²) in [7, 11) is 0. The third-order valence-corrected chi connectivity index (χ3v) is 4.49. The molecule has 96 valence electrons. The average molecular weight is 237 g/mol. The zero-order chi connectivity index (χ0) is 12.3. The average Bonchev–Trinajstić information content (AvgIpc) is 2.85. The first-order valence-electron chi connectivity index (χ1n) is 6.81. The second kappa shape index (κ2) is 5.67. The number of hydrogen-bond acceptors (Lipinski definition) is 2. The Labute approximate surface area is 103 Å². The molecule has 0 saturated heterocycles. The predicted molar refractivity (Wildman–Crippen MR) is 67.5 cm³/mol. The number of carboxylic acids is 1. The van der Waals surface area contributed by atoms with E-state index in [1.807, 2.05) is 0 Å². The second-order valence-electron chi connectivity index (χ2n) is 5.57. The molecular formula is C14H23NO2. The van der Waals surface area contributed by atoms with E-state index in [-0.39, 0.29) is 6.42 Å². The van der Waals surface area contributed by atoms with Gasteiger partial charge in [-0.2, -0.15) is 0 Å². The first kappa shape index (κ1) is 12.6. The Morgan fingerprint density at radius 2 is 2.06 bits per heavy atom. The Balaban J connectivity index is 1.65. The quantitative estimate of drug-likeness (QED) is 0.551. The van der Waals surface area contributed by atoms with Gasteiger partial charge in [0, 0.05) is 12.5 Å². The molecule has 4 unspecified atom stereocenters. The molecule has 17 heavy (non-hydrogen) atoms. The van der Waals surface area contributed by atoms with Gasteiger partial charge in [0.15, 0.2) is 0 Å². The zero-order valence-electron chi connectivity index (χ0n) is 10.3. The van der Waals surface area contributed by atoms with Crippen molar-refractivity contribution in [3.05, 3.63) is 12.2 Å². The summed E-state index contributed by atoms with van der Waals surface area (Å²) in [5.41, 5.74) is 6.23. The van der Waals surface area contributed by atoms with Gasteiger partial charge in [-0.05, 0) is 56.3 Å². The van der Waals surface area contributed by atoms with Gasteiger partial charge in [0.05, 0.1) is 0 Å². The van der Waals surface area contributed by atoms with Crippen LogP contribution in [-0.2, 0) is 4.79 Å². The lowest BCUT2D eigenvalue weighted by molar-refractivity contribution is -0.137. The molecule has 0 heterocycles. The Morgan fingerprint density at radius 1 is 1.29 bits per heavy atom. The normalized spacial score (nSPS) is 35.8. The first-order valence-corrected chi connectivity index (χ1v) is 6.81. The van der Waals surface area contributed by atoms with Crippen molar-refractivity contribution >= 4 is 5.97 Å². The minimum absolute atomic E-state index is 0.276. The fourth-order valence-electron chi connectivity index (χ4n) is 3.55. The maximum Gasteiger partial charge on any atom is 0.303 e. The van der Waals surface area contributed by atoms with Crippen LogP contribution in [0.4, 0.5) is 0 Å². The van der Waals surface area contributed by atoms with Gasteiger partial charge in [0.2, 0.25) is 0 Å². The van der Waals surface area contributed by atoms with E-state index in [0.29, 0.717) is 12.0 Å². The van der Waals surface area contributed by atoms with E-state index in [1.165, 1.54) is 19.3 Å². The number of nitrogens with two attached hydrogens (primary N) is 1. The molecule has 0 aromatic rings. The Hall–Kier alpha value is -0.830. The van der Waals surface area contributed by atoms with Gasteiger partial charge in [0.25, 0.3) is 0 Å². The highest BCUT2D eigenvalue weighted by Gasteiger charge is 2.44. The van der Waals surface area contributed by atoms with Crippen LogP contribution in [0.5, 0.6) is 0 Å². The van der Waals surface area contributed by atoms with Crippen molar-refractivity contribution in [1.82, 2.24) is 0 Å². The number of fused-ring (bicyclic) bond motifs is 2. The molecule has 2 aliphatic carbocycles. The summed E-state index contributed by atoms with van der Waals surface area (Å²) in [6.45, 7) is 0. The number of rotatable bonds is 6. The van der Waals surface area contributed by atoms with Crippen molar-refractivity contribution in [3.8, 4) is 0 Å². The minimum atomic E-state index is -0.700. The van der Waals surface area contributed by atoms with E-state index in [4.69, 9.17) is 10.8 Å². The molecule has 0 spiro atoms. The molecule has 2 fully saturated rings. The van der Waals surface area contributed by atoms with E-state index in [0.717, 1.165) is 31.1 Å². The summed E-state index contributed by atoms with van der Waals surface area (Å²) in [5, 5.41) is 8.51. The molecule has 2 saturated carbocycles. The number of unbranched alkanes of at least 4 members (excludes halogenated alkanes) is 1. The summed E-state index contributed by atoms with van der Waals surface area (Å²) in [6, 6.07) is 0.414. The van der Waals surface area contributed by atoms with Crippen molar-refractivity contribution < 1.29 is 9.90 Å². The van der Waals surface area contributed by atoms with Crippen molar-refractivity contribution in [1.29, 1.82) is 0 Å². The zero-order valence-corrected chi connectivity index (χ0v) is 10.3. The van der Waals surface area contributed by atoms with Crippen LogP contribution in [0.25, 0.3) is 0 Å². The van der Waals surface area contributed by atoms with E-state index in [1.54, 1.807) is 0 Å². The van der Waals surface area contributed by atoms with Crippen LogP contribution in [0.15, 0.2) is 12.2 Å². The molecule has 0 aliphatic heterocycles. The van der Waals surface area contributed by atoms with Gasteiger partial charge in [-0.1, -0.05) is 12.2 Å². The molecule has 4 atom stereocenters. The van der Waals surface area contributed by atoms with E-state index in [9.17, 15) is 4.79 Å². The summed E-state index contributed by atoms with van der Waals surface area (Å²) < 4.78 is 0. The van der Waals surface area contributed by atoms with Crippen molar-refractivity contribution in [2.24, 2.45) is 23.5 Å². The molecular weight excluding hydrogens is 214 g/mol. The molecule has 0 amide bonds. The number of allylic oxidation sites excluding steroid dienone is 2. The van der Waals surface area contributed by atoms with Gasteiger partial charge in [-0.25, -0.2) is 0 Å². The van der Waals surface area contributed by atoms with E-state index in [2.05, 4.69) is 12.2 Å². The molecule has 2 rings (SSSR count). The lowest BCUT2D eigenvalue weighted by Crippen LogP contribution is -2.35. The van der Waals surface area contributed by atoms with Crippen molar-refractivity contribution in [3.63, 3.8) is 0 Å². The van der Waals surface area contributed by atoms with Gasteiger partial charge in [-0.3, -0.25) is 4.79 Å². The van der Waals surface area contributed by atoms with Crippen LogP contribution < -0.4 is 5.73 Å². The number of hydrogen-bond donors (Lipinski definition) is 2. The Bertz CT molecular complexity index is 299. The SMILES string of the molecule is NC1C2CCC(C2)C1C/C=C/CCCC(=O)O. The lowest BCUT2D eigenvalue weighted by atomic mass is 9.83. The molecule has 2 bridgehead atoms. The van der Waals surface area contributed by atoms with Gasteiger partial charge in [0.1, 0.15) is 0 Å². The van der Waals surface area contributed by atoms with Crippen LogP contribution >= 0.6 is 0 Å². The summed E-state index contributed by atoms with van der Waals surface area (Å²) in [6.07, 6.45) is 11.4. The number of carbonyl (C=O) groups is 1. The Morgan fingerprint density at radius 3 is 2.71 bits per heavy atom. The fourth-order valence-corrected chi connectivity index (χ4v) is 3.55. The molecule has 0 aromatic heterocycles. The molecule has 0 radical (unpaired) electrons. The predicted octanol–water partition coefficient (Wildman–Crippen LogP) is 2.56. The second-order valence-corrected chi connectivity index (χ2v) is 5.57. The van der Waals surface area contributed by atoms with Gasteiger partial charge >= 0.3 is 5.97 Å². The van der Waals surface area contributed by atoms with Crippen molar-refractivity contribution in [2.45, 2.75) is 51.0 Å². The van der Waals surface area contributed by atoms with Crippen LogP contribution in [0.2, 0.25) is 0 Å². The van der Waals surface area contributed by atoms with Gasteiger partial charge < -0.3 is 10.8 Å². The third kappa shape index (κ3) is 3.09. The maximum atomic E-state index is 10.3. The third-order valence-electron chi connectivity index (χ3n) is 4.49. The minimum Gasteiger partial charge on any atom is -0.481 e. The van der Waals surface area contributed by atoms with Crippen LogP contribution in [0.3, 0.4) is 0 Å². The molecule has 3 heteroatoms. The first-order chi connectivity index (χ1) is 8.18. The van der Waals surface area contributed by atoms with Crippen molar-refractivity contribution in [2.75, 3.05) is 0 Å². The lowest BCUT2D eigenvalue weighted by Gasteiger charge is -2.27. The fraction of sp³-hybridized carbons (Fsp3) is 0.786. The van der Waals surface area contributed by atoms with Crippen LogP contribution in [-0.4, -0.2) is 17.1 Å².